The second-order valence-corrected chi connectivity index (χ2v) is 11.4. The molecule has 1 aliphatic carbocycles. The predicted octanol–water partition coefficient (Wildman–Crippen LogP) is 3.49. The van der Waals surface area contributed by atoms with Crippen molar-refractivity contribution in [3.05, 3.63) is 35.5 Å². The summed E-state index contributed by atoms with van der Waals surface area (Å²) in [5.74, 6) is 2.03. The van der Waals surface area contributed by atoms with Crippen LogP contribution in [0.5, 0.6) is 0 Å². The van der Waals surface area contributed by atoms with E-state index < -0.39 is 6.04 Å². The zero-order valence-corrected chi connectivity index (χ0v) is 22.7. The van der Waals surface area contributed by atoms with Gasteiger partial charge in [-0.15, -0.1) is 0 Å². The van der Waals surface area contributed by atoms with E-state index in [0.717, 1.165) is 37.8 Å². The third-order valence-corrected chi connectivity index (χ3v) is 8.58. The van der Waals surface area contributed by atoms with Crippen molar-refractivity contribution in [3.63, 3.8) is 0 Å². The van der Waals surface area contributed by atoms with Crippen molar-refractivity contribution in [1.29, 1.82) is 0 Å². The first kappa shape index (κ1) is 27.5. The highest BCUT2D eigenvalue weighted by atomic mass is 16.2. The Balaban J connectivity index is 1.59. The van der Waals surface area contributed by atoms with Gasteiger partial charge in [0.1, 0.15) is 0 Å². The van der Waals surface area contributed by atoms with Gasteiger partial charge in [-0.1, -0.05) is 32.0 Å². The lowest BCUT2D eigenvalue weighted by Crippen LogP contribution is -2.40. The molecule has 1 atom stereocenters. The Labute approximate surface area is 221 Å². The number of nitrogens with zero attached hydrogens (tertiary/aromatic N) is 2. The summed E-state index contributed by atoms with van der Waals surface area (Å²) in [6.45, 7) is 7.80. The minimum absolute atomic E-state index is 0.0672. The molecule has 1 aliphatic heterocycles. The van der Waals surface area contributed by atoms with Crippen LogP contribution in [0, 0.1) is 11.8 Å². The summed E-state index contributed by atoms with van der Waals surface area (Å²) < 4.78 is 2.68. The lowest BCUT2D eigenvalue weighted by molar-refractivity contribution is -0.122. The molecule has 204 valence electrons. The van der Waals surface area contributed by atoms with Crippen molar-refractivity contribution in [1.82, 2.24) is 15.2 Å². The Bertz CT molecular complexity index is 1060. The highest BCUT2D eigenvalue weighted by molar-refractivity contribution is 5.87. The average Bonchev–Trinajstić information content (AvgIpc) is 3.24. The van der Waals surface area contributed by atoms with Gasteiger partial charge in [0, 0.05) is 47.2 Å². The van der Waals surface area contributed by atoms with Gasteiger partial charge in [-0.05, 0) is 82.4 Å². The van der Waals surface area contributed by atoms with Crippen molar-refractivity contribution in [2.75, 3.05) is 19.6 Å². The maximum Gasteiger partial charge on any atom is 0.237 e. The van der Waals surface area contributed by atoms with Gasteiger partial charge in [-0.2, -0.15) is 0 Å². The SMILES string of the molecule is CC(C)C1CCC(n2c(C3CCNCC3)c(CNC(=O)C(N)CCCN=C(N)N)c3ccccc32)CC1. The van der Waals surface area contributed by atoms with Crippen LogP contribution >= 0.6 is 0 Å². The number of fused-ring (bicyclic) bond motifs is 1. The van der Waals surface area contributed by atoms with Crippen LogP contribution in [-0.4, -0.2) is 42.1 Å². The molecule has 1 aromatic carbocycles. The van der Waals surface area contributed by atoms with Crippen LogP contribution in [0.15, 0.2) is 29.3 Å². The number of nitrogens with two attached hydrogens (primary N) is 3. The lowest BCUT2D eigenvalue weighted by atomic mass is 9.79. The van der Waals surface area contributed by atoms with Crippen molar-refractivity contribution >= 4 is 22.8 Å². The van der Waals surface area contributed by atoms with E-state index in [4.69, 9.17) is 17.2 Å². The minimum atomic E-state index is -0.573. The molecule has 0 bridgehead atoms. The summed E-state index contributed by atoms with van der Waals surface area (Å²) in [5, 5.41) is 7.98. The molecule has 8 nitrogen and oxygen atoms in total. The molecular weight excluding hydrogens is 462 g/mol. The normalized spacial score (nSPS) is 21.7. The van der Waals surface area contributed by atoms with Crippen molar-refractivity contribution in [2.24, 2.45) is 34.0 Å². The molecular formula is C29H47N7O. The lowest BCUT2D eigenvalue weighted by Gasteiger charge is -2.35. The maximum absolute atomic E-state index is 12.9. The summed E-state index contributed by atoms with van der Waals surface area (Å²) in [5.41, 5.74) is 21.0. The number of para-hydroxylation sites is 1. The minimum Gasteiger partial charge on any atom is -0.370 e. The number of carbonyl (C=O) groups excluding carboxylic acids is 1. The second-order valence-electron chi connectivity index (χ2n) is 11.4. The zero-order valence-electron chi connectivity index (χ0n) is 22.7. The van der Waals surface area contributed by atoms with Crippen molar-refractivity contribution < 1.29 is 4.79 Å². The van der Waals surface area contributed by atoms with Crippen LogP contribution in [0.4, 0.5) is 0 Å². The topological polar surface area (TPSA) is 136 Å². The third kappa shape index (κ3) is 6.65. The Hall–Kier alpha value is -2.58. The van der Waals surface area contributed by atoms with Crippen LogP contribution in [0.2, 0.25) is 0 Å². The van der Waals surface area contributed by atoms with Crippen molar-refractivity contribution in [2.45, 2.75) is 89.8 Å². The Morgan fingerprint density at radius 3 is 2.49 bits per heavy atom. The first-order valence-corrected chi connectivity index (χ1v) is 14.3. The number of benzene rings is 1. The van der Waals surface area contributed by atoms with E-state index in [1.54, 1.807) is 0 Å². The Kier molecular flexibility index (Phi) is 9.49. The van der Waals surface area contributed by atoms with Gasteiger partial charge in [-0.3, -0.25) is 9.79 Å². The molecule has 1 saturated heterocycles. The molecule has 2 aromatic rings. The number of hydrogen-bond donors (Lipinski definition) is 5. The van der Waals surface area contributed by atoms with Gasteiger partial charge in [0.05, 0.1) is 6.04 Å². The van der Waals surface area contributed by atoms with Gasteiger partial charge >= 0.3 is 0 Å². The van der Waals surface area contributed by atoms with E-state index in [0.29, 0.717) is 37.9 Å². The average molecular weight is 510 g/mol. The molecule has 2 heterocycles. The van der Waals surface area contributed by atoms with E-state index in [-0.39, 0.29) is 11.9 Å². The van der Waals surface area contributed by atoms with E-state index in [1.807, 2.05) is 0 Å². The van der Waals surface area contributed by atoms with Gasteiger partial charge < -0.3 is 32.4 Å². The number of guanidine groups is 1. The summed E-state index contributed by atoms with van der Waals surface area (Å²) in [7, 11) is 0. The highest BCUT2D eigenvalue weighted by Gasteiger charge is 2.31. The first-order valence-electron chi connectivity index (χ1n) is 14.3. The molecule has 0 radical (unpaired) electrons. The molecule has 37 heavy (non-hydrogen) atoms. The summed E-state index contributed by atoms with van der Waals surface area (Å²) in [6, 6.07) is 8.72. The third-order valence-electron chi connectivity index (χ3n) is 8.58. The number of carbonyl (C=O) groups is 1. The standard InChI is InChI=1S/C29H47N7O/c1-19(2)20-9-11-22(12-10-20)36-26-8-4-3-6-23(26)24(27(36)21-13-16-33-17-14-21)18-35-28(37)25(30)7-5-15-34-29(31)32/h3-4,6,8,19-22,25,33H,5,7,9-18,30H2,1-2H3,(H,35,37)(H4,31,32,34). The van der Waals surface area contributed by atoms with E-state index >= 15 is 0 Å². The number of hydrogen-bond acceptors (Lipinski definition) is 4. The largest absolute Gasteiger partial charge is 0.370 e. The molecule has 1 amide bonds. The highest BCUT2D eigenvalue weighted by Crippen LogP contribution is 2.43. The zero-order chi connectivity index (χ0) is 26.4. The molecule has 4 rings (SSSR count). The summed E-state index contributed by atoms with van der Waals surface area (Å²) in [4.78, 5) is 16.9. The number of rotatable bonds is 10. The molecule has 1 aromatic heterocycles. The fraction of sp³-hybridized carbons (Fsp3) is 0.655. The van der Waals surface area contributed by atoms with E-state index in [9.17, 15) is 4.79 Å². The number of nitrogens with one attached hydrogen (secondary N) is 2. The summed E-state index contributed by atoms with van der Waals surface area (Å²) in [6.07, 6.45) is 8.52. The molecule has 0 spiro atoms. The number of aromatic nitrogens is 1. The maximum atomic E-state index is 12.9. The molecule has 1 saturated carbocycles. The van der Waals surface area contributed by atoms with Crippen molar-refractivity contribution in [3.8, 4) is 0 Å². The van der Waals surface area contributed by atoms with E-state index in [2.05, 4.69) is 58.3 Å². The molecule has 8 heteroatoms. The monoisotopic (exact) mass is 509 g/mol. The number of aliphatic imine (C=N–C) groups is 1. The fourth-order valence-corrected chi connectivity index (χ4v) is 6.45. The Morgan fingerprint density at radius 2 is 1.81 bits per heavy atom. The fourth-order valence-electron chi connectivity index (χ4n) is 6.45. The van der Waals surface area contributed by atoms with Gasteiger partial charge in [0.25, 0.3) is 0 Å². The van der Waals surface area contributed by atoms with Gasteiger partial charge in [0.15, 0.2) is 5.96 Å². The van der Waals surface area contributed by atoms with Crippen LogP contribution < -0.4 is 27.8 Å². The number of amides is 1. The smallest absolute Gasteiger partial charge is 0.237 e. The quantitative estimate of drug-likeness (QED) is 0.190. The van der Waals surface area contributed by atoms with Crippen LogP contribution in [0.1, 0.15) is 88.4 Å². The van der Waals surface area contributed by atoms with Crippen LogP contribution in [0.3, 0.4) is 0 Å². The second kappa shape index (κ2) is 12.8. The first-order chi connectivity index (χ1) is 17.9. The predicted molar refractivity (Wildman–Crippen MR) is 152 cm³/mol. The van der Waals surface area contributed by atoms with E-state index in [1.165, 1.54) is 47.8 Å². The molecule has 2 aliphatic rings. The summed E-state index contributed by atoms with van der Waals surface area (Å²) >= 11 is 0. The van der Waals surface area contributed by atoms with Gasteiger partial charge in [0.2, 0.25) is 5.91 Å². The van der Waals surface area contributed by atoms with Gasteiger partial charge in [-0.25, -0.2) is 0 Å². The van der Waals surface area contributed by atoms with Crippen LogP contribution in [-0.2, 0) is 11.3 Å². The Morgan fingerprint density at radius 1 is 1.11 bits per heavy atom. The number of piperidine rings is 1. The molecule has 1 unspecified atom stereocenters. The molecule has 8 N–H and O–H groups in total. The van der Waals surface area contributed by atoms with Crippen LogP contribution in [0.25, 0.3) is 10.9 Å². The molecule has 2 fully saturated rings.